The molecule has 13 heavy (non-hydrogen) atoms. The van der Waals surface area contributed by atoms with Crippen LogP contribution in [0.5, 0.6) is 0 Å². The highest BCUT2D eigenvalue weighted by atomic mass is 79.9. The summed E-state index contributed by atoms with van der Waals surface area (Å²) in [6.45, 7) is 0. The van der Waals surface area contributed by atoms with Crippen molar-refractivity contribution in [1.82, 2.24) is 14.0 Å². The third kappa shape index (κ3) is 3.26. The van der Waals surface area contributed by atoms with E-state index in [9.17, 15) is 0 Å². The summed E-state index contributed by atoms with van der Waals surface area (Å²) in [5.41, 5.74) is 0. The van der Waals surface area contributed by atoms with Gasteiger partial charge in [-0.05, 0) is 51.7 Å². The van der Waals surface area contributed by atoms with Crippen LogP contribution >= 0.6 is 33.9 Å². The summed E-state index contributed by atoms with van der Waals surface area (Å²) >= 11 is 0. The van der Waals surface area contributed by atoms with Gasteiger partial charge in [0.15, 0.2) is 7.51 Å². The van der Waals surface area contributed by atoms with E-state index in [2.05, 4.69) is 70.2 Å². The van der Waals surface area contributed by atoms with Crippen LogP contribution in [0.4, 0.5) is 0 Å². The molecule has 0 aliphatic carbocycles. The van der Waals surface area contributed by atoms with Gasteiger partial charge in [0.25, 0.3) is 0 Å². The summed E-state index contributed by atoms with van der Waals surface area (Å²) in [4.78, 5) is 0. The molecule has 4 nitrogen and oxygen atoms in total. The van der Waals surface area contributed by atoms with Gasteiger partial charge in [-0.15, -0.1) is 17.0 Å². The molecule has 0 saturated carbocycles. The van der Waals surface area contributed by atoms with E-state index >= 15 is 0 Å². The minimum Gasteiger partial charge on any atom is -0.252 e. The summed E-state index contributed by atoms with van der Waals surface area (Å²) < 4.78 is 10.9. The number of nitrogens with zero attached hydrogens (tertiary/aromatic N) is 4. The first-order chi connectivity index (χ1) is 5.39. The first-order valence-corrected chi connectivity index (χ1v) is 5.86. The van der Waals surface area contributed by atoms with Crippen molar-refractivity contribution in [1.29, 1.82) is 0 Å². The van der Waals surface area contributed by atoms with Gasteiger partial charge in [0.05, 0.1) is 0 Å². The van der Waals surface area contributed by atoms with Crippen molar-refractivity contribution in [3.8, 4) is 0 Å². The molecule has 0 saturated heterocycles. The average Bonchev–Trinajstić information content (AvgIpc) is 1.86. The highest BCUT2D eigenvalue weighted by Gasteiger charge is 2.26. The molecule has 0 N–H and O–H groups in total. The summed E-state index contributed by atoms with van der Waals surface area (Å²) in [6, 6.07) is 0. The van der Waals surface area contributed by atoms with Crippen LogP contribution in [-0.4, -0.2) is 56.3 Å². The van der Waals surface area contributed by atoms with Gasteiger partial charge in [-0.3, -0.25) is 14.0 Å². The fourth-order valence-corrected chi connectivity index (χ4v) is 6.01. The van der Waals surface area contributed by atoms with Crippen molar-refractivity contribution < 1.29 is 0 Å². The molecular weight excluding hydrogens is 270 g/mol. The third-order valence-corrected chi connectivity index (χ3v) is 6.22. The van der Waals surface area contributed by atoms with Crippen molar-refractivity contribution in [2.24, 2.45) is 4.52 Å². The fourth-order valence-electron chi connectivity index (χ4n) is 1.38. The van der Waals surface area contributed by atoms with E-state index < -0.39 is 7.51 Å². The van der Waals surface area contributed by atoms with Gasteiger partial charge in [0, 0.05) is 0 Å². The number of hydrogen-bond acceptors (Lipinski definition) is 1. The first kappa shape index (κ1) is 16.4. The van der Waals surface area contributed by atoms with Crippen LogP contribution in [-0.2, 0) is 0 Å². The number of hydrogen-bond donors (Lipinski definition) is 0. The van der Waals surface area contributed by atoms with E-state index in [0.717, 1.165) is 0 Å². The van der Waals surface area contributed by atoms with Crippen molar-refractivity contribution in [2.75, 3.05) is 42.3 Å². The lowest BCUT2D eigenvalue weighted by atomic mass is 11.2. The zero-order valence-electron chi connectivity index (χ0n) is 9.22. The molecule has 1 unspecified atom stereocenters. The SMILES string of the molecule is Br.CN(C)P(=NP)(N(C)C)N(C)C. The van der Waals surface area contributed by atoms with Crippen LogP contribution in [0.2, 0.25) is 0 Å². The van der Waals surface area contributed by atoms with Gasteiger partial charge in [0.2, 0.25) is 0 Å². The van der Waals surface area contributed by atoms with E-state index in [-0.39, 0.29) is 17.0 Å². The molecule has 0 rings (SSSR count). The van der Waals surface area contributed by atoms with Gasteiger partial charge in [-0.1, -0.05) is 0 Å². The fraction of sp³-hybridized carbons (Fsp3) is 1.00. The molecule has 0 aromatic heterocycles. The van der Waals surface area contributed by atoms with Gasteiger partial charge < -0.3 is 0 Å². The second-order valence-electron chi connectivity index (χ2n) is 3.19. The Morgan fingerprint density at radius 2 is 1.08 bits per heavy atom. The topological polar surface area (TPSA) is 22.1 Å². The lowest BCUT2D eigenvalue weighted by Gasteiger charge is -2.40. The van der Waals surface area contributed by atoms with Crippen LogP contribution < -0.4 is 0 Å². The molecule has 0 aliphatic rings. The Morgan fingerprint density at radius 3 is 1.08 bits per heavy atom. The molecule has 0 bridgehead atoms. The van der Waals surface area contributed by atoms with Crippen LogP contribution in [0, 0.1) is 0 Å². The average molecular weight is 291 g/mol. The van der Waals surface area contributed by atoms with Crippen LogP contribution in [0.15, 0.2) is 4.52 Å². The number of halogens is 1. The summed E-state index contributed by atoms with van der Waals surface area (Å²) in [6.07, 6.45) is 0. The maximum absolute atomic E-state index is 4.42. The summed E-state index contributed by atoms with van der Waals surface area (Å²) in [5, 5.41) is 0. The minimum absolute atomic E-state index is 0. The molecule has 0 aromatic rings. The van der Waals surface area contributed by atoms with E-state index in [4.69, 9.17) is 0 Å². The molecule has 0 amide bonds. The molecule has 0 fully saturated rings. The van der Waals surface area contributed by atoms with Crippen molar-refractivity contribution in [3.05, 3.63) is 0 Å². The molecule has 7 heteroatoms. The molecule has 0 aliphatic heterocycles. The lowest BCUT2D eigenvalue weighted by molar-refractivity contribution is 0.476. The number of rotatable bonds is 3. The Morgan fingerprint density at radius 1 is 0.846 bits per heavy atom. The van der Waals surface area contributed by atoms with E-state index in [1.807, 2.05) is 0 Å². The van der Waals surface area contributed by atoms with Gasteiger partial charge >= 0.3 is 0 Å². The Bertz CT molecular complexity index is 165. The van der Waals surface area contributed by atoms with E-state index in [1.54, 1.807) is 0 Å². The first-order valence-electron chi connectivity index (χ1n) is 3.74. The molecule has 0 heterocycles. The van der Waals surface area contributed by atoms with Gasteiger partial charge in [0.1, 0.15) is 0 Å². The normalized spacial score (nSPS) is 12.2. The summed E-state index contributed by atoms with van der Waals surface area (Å²) in [7, 11) is 13.2. The Kier molecular flexibility index (Phi) is 8.22. The predicted octanol–water partition coefficient (Wildman–Crippen LogP) is 1.99. The maximum atomic E-state index is 4.42. The molecule has 0 spiro atoms. The second kappa shape index (κ2) is 6.49. The van der Waals surface area contributed by atoms with Gasteiger partial charge in [-0.2, -0.15) is 0 Å². The Balaban J connectivity index is 0. The largest absolute Gasteiger partial charge is 0.252 e. The molecule has 1 atom stereocenters. The zero-order chi connectivity index (χ0) is 9.94. The van der Waals surface area contributed by atoms with E-state index in [1.165, 1.54) is 0 Å². The Labute approximate surface area is 94.9 Å². The maximum Gasteiger partial charge on any atom is 0.169 e. The van der Waals surface area contributed by atoms with Gasteiger partial charge in [-0.25, -0.2) is 4.52 Å². The molecule has 0 radical (unpaired) electrons. The van der Waals surface area contributed by atoms with Crippen molar-refractivity contribution >= 4 is 33.9 Å². The molecular formula is C6H21BrN4P2. The second-order valence-corrected chi connectivity index (χ2v) is 7.59. The standard InChI is InChI=1S/C6H20N4P2.BrH/c1-8(2)12(7-11,9(3)4)10(5)6;/h11H2,1-6H3;1H. The summed E-state index contributed by atoms with van der Waals surface area (Å²) in [5.74, 6) is 0. The third-order valence-electron chi connectivity index (χ3n) is 1.76. The van der Waals surface area contributed by atoms with Crippen molar-refractivity contribution in [2.45, 2.75) is 0 Å². The molecule has 82 valence electrons. The lowest BCUT2D eigenvalue weighted by Crippen LogP contribution is -2.30. The molecule has 0 aromatic carbocycles. The quantitative estimate of drug-likeness (QED) is 0.742. The smallest absolute Gasteiger partial charge is 0.169 e. The van der Waals surface area contributed by atoms with Crippen LogP contribution in [0.3, 0.4) is 0 Å². The van der Waals surface area contributed by atoms with Crippen LogP contribution in [0.1, 0.15) is 0 Å². The van der Waals surface area contributed by atoms with Crippen molar-refractivity contribution in [3.63, 3.8) is 0 Å². The van der Waals surface area contributed by atoms with Crippen LogP contribution in [0.25, 0.3) is 0 Å². The Hall–Kier alpha value is 1.02. The highest BCUT2D eigenvalue weighted by molar-refractivity contribution is 8.93. The highest BCUT2D eigenvalue weighted by Crippen LogP contribution is 2.55. The van der Waals surface area contributed by atoms with E-state index in [0.29, 0.717) is 0 Å². The predicted molar refractivity (Wildman–Crippen MR) is 70.4 cm³/mol. The zero-order valence-corrected chi connectivity index (χ0v) is 13.0. The monoisotopic (exact) mass is 290 g/mol. The minimum atomic E-state index is -1.60.